The van der Waals surface area contributed by atoms with Gasteiger partial charge in [0.05, 0.1) is 5.69 Å². The molecule has 0 radical (unpaired) electrons. The third-order valence-electron chi connectivity index (χ3n) is 1.77. The Labute approximate surface area is 76.8 Å². The molecule has 0 aliphatic carbocycles. The van der Waals surface area contributed by atoms with Crippen molar-refractivity contribution in [1.29, 1.82) is 0 Å². The highest BCUT2D eigenvalue weighted by molar-refractivity contribution is 5.44. The molecule has 1 nitrogen and oxygen atoms in total. The van der Waals surface area contributed by atoms with Gasteiger partial charge in [-0.25, -0.2) is 8.78 Å². The zero-order chi connectivity index (χ0) is 9.68. The van der Waals surface area contributed by atoms with E-state index in [1.807, 2.05) is 6.92 Å². The molecule has 0 spiro atoms. The van der Waals surface area contributed by atoms with Crippen LogP contribution in [-0.4, -0.2) is 6.54 Å². The third kappa shape index (κ3) is 3.01. The van der Waals surface area contributed by atoms with Gasteiger partial charge in [-0.2, -0.15) is 0 Å². The molecule has 0 bridgehead atoms. The summed E-state index contributed by atoms with van der Waals surface area (Å²) in [4.78, 5) is 0. The van der Waals surface area contributed by atoms with Crippen LogP contribution in [0.5, 0.6) is 0 Å². The predicted octanol–water partition coefficient (Wildman–Crippen LogP) is 3.18. The Morgan fingerprint density at radius 3 is 2.77 bits per heavy atom. The van der Waals surface area contributed by atoms with E-state index in [0.29, 0.717) is 6.54 Å². The van der Waals surface area contributed by atoms with Gasteiger partial charge in [-0.05, 0) is 24.6 Å². The fourth-order valence-corrected chi connectivity index (χ4v) is 1.03. The fourth-order valence-electron chi connectivity index (χ4n) is 1.03. The first kappa shape index (κ1) is 9.96. The van der Waals surface area contributed by atoms with E-state index in [1.165, 1.54) is 6.07 Å². The maximum absolute atomic E-state index is 13.0. The second kappa shape index (κ2) is 4.80. The number of rotatable bonds is 4. The Bertz CT molecular complexity index is 274. The minimum absolute atomic E-state index is 0.244. The zero-order valence-corrected chi connectivity index (χ0v) is 7.61. The summed E-state index contributed by atoms with van der Waals surface area (Å²) in [6, 6.07) is 3.41. The van der Waals surface area contributed by atoms with E-state index in [0.717, 1.165) is 25.0 Å². The Kier molecular flexibility index (Phi) is 3.68. The van der Waals surface area contributed by atoms with Gasteiger partial charge in [-0.15, -0.1) is 0 Å². The van der Waals surface area contributed by atoms with Crippen LogP contribution >= 0.6 is 0 Å². The van der Waals surface area contributed by atoms with Gasteiger partial charge < -0.3 is 5.32 Å². The van der Waals surface area contributed by atoms with E-state index in [4.69, 9.17) is 0 Å². The van der Waals surface area contributed by atoms with E-state index in [9.17, 15) is 8.78 Å². The third-order valence-corrected chi connectivity index (χ3v) is 1.77. The zero-order valence-electron chi connectivity index (χ0n) is 7.61. The minimum Gasteiger partial charge on any atom is -0.383 e. The van der Waals surface area contributed by atoms with Crippen LogP contribution in [0.1, 0.15) is 19.8 Å². The lowest BCUT2D eigenvalue weighted by molar-refractivity contribution is 0.602. The molecule has 1 N–H and O–H groups in total. The van der Waals surface area contributed by atoms with Crippen molar-refractivity contribution in [3.05, 3.63) is 29.8 Å². The summed E-state index contributed by atoms with van der Waals surface area (Å²) < 4.78 is 25.6. The quantitative estimate of drug-likeness (QED) is 0.710. The summed E-state index contributed by atoms with van der Waals surface area (Å²) in [5.74, 6) is -0.821. The highest BCUT2D eigenvalue weighted by atomic mass is 19.1. The number of halogens is 2. The molecule has 1 aromatic rings. The number of nitrogens with one attached hydrogen (secondary N) is 1. The first-order chi connectivity index (χ1) is 6.24. The van der Waals surface area contributed by atoms with E-state index >= 15 is 0 Å². The van der Waals surface area contributed by atoms with Crippen LogP contribution in [0.25, 0.3) is 0 Å². The summed E-state index contributed by atoms with van der Waals surface area (Å²) in [7, 11) is 0. The number of benzene rings is 1. The van der Waals surface area contributed by atoms with Gasteiger partial charge in [0.1, 0.15) is 11.6 Å². The lowest BCUT2D eigenvalue weighted by atomic mass is 10.2. The normalized spacial score (nSPS) is 10.1. The van der Waals surface area contributed by atoms with E-state index in [2.05, 4.69) is 5.32 Å². The molecule has 1 aromatic carbocycles. The van der Waals surface area contributed by atoms with Gasteiger partial charge in [0.15, 0.2) is 0 Å². The molecule has 0 saturated carbocycles. The molecule has 1 rings (SSSR count). The summed E-state index contributed by atoms with van der Waals surface area (Å²) in [5.41, 5.74) is 0.244. The van der Waals surface area contributed by atoms with E-state index in [-0.39, 0.29) is 5.69 Å². The molecule has 0 atom stereocenters. The van der Waals surface area contributed by atoms with Crippen molar-refractivity contribution in [2.24, 2.45) is 0 Å². The van der Waals surface area contributed by atoms with Gasteiger partial charge in [0.2, 0.25) is 0 Å². The fraction of sp³-hybridized carbons (Fsp3) is 0.400. The van der Waals surface area contributed by atoms with Crippen LogP contribution in [-0.2, 0) is 0 Å². The number of hydrogen-bond donors (Lipinski definition) is 1. The van der Waals surface area contributed by atoms with Gasteiger partial charge in [0, 0.05) is 6.54 Å². The van der Waals surface area contributed by atoms with Crippen molar-refractivity contribution in [3.8, 4) is 0 Å². The van der Waals surface area contributed by atoms with Crippen LogP contribution in [0.15, 0.2) is 18.2 Å². The van der Waals surface area contributed by atoms with Gasteiger partial charge >= 0.3 is 0 Å². The summed E-state index contributed by atoms with van der Waals surface area (Å²) in [5, 5.41) is 2.84. The highest BCUT2D eigenvalue weighted by Crippen LogP contribution is 2.14. The molecule has 0 heterocycles. The lowest BCUT2D eigenvalue weighted by Crippen LogP contribution is -2.03. The minimum atomic E-state index is -0.416. The predicted molar refractivity (Wildman–Crippen MR) is 49.8 cm³/mol. The topological polar surface area (TPSA) is 12.0 Å². The molecular formula is C10H13F2N. The number of hydrogen-bond acceptors (Lipinski definition) is 1. The summed E-state index contributed by atoms with van der Waals surface area (Å²) >= 11 is 0. The Hall–Kier alpha value is -1.12. The summed E-state index contributed by atoms with van der Waals surface area (Å²) in [6.45, 7) is 2.72. The molecule has 0 aliphatic heterocycles. The Morgan fingerprint density at radius 1 is 1.31 bits per heavy atom. The van der Waals surface area contributed by atoms with Crippen LogP contribution in [0.4, 0.5) is 14.5 Å². The van der Waals surface area contributed by atoms with Gasteiger partial charge in [-0.3, -0.25) is 0 Å². The molecule has 0 unspecified atom stereocenters. The van der Waals surface area contributed by atoms with Crippen molar-refractivity contribution >= 4 is 5.69 Å². The van der Waals surface area contributed by atoms with Crippen LogP contribution in [0.2, 0.25) is 0 Å². The molecule has 72 valence electrons. The SMILES string of the molecule is CCCCNc1cc(F)ccc1F. The molecular weight excluding hydrogens is 172 g/mol. The van der Waals surface area contributed by atoms with Crippen molar-refractivity contribution in [3.63, 3.8) is 0 Å². The molecule has 0 aromatic heterocycles. The van der Waals surface area contributed by atoms with Crippen molar-refractivity contribution in [1.82, 2.24) is 0 Å². The van der Waals surface area contributed by atoms with Crippen molar-refractivity contribution in [2.45, 2.75) is 19.8 Å². The van der Waals surface area contributed by atoms with E-state index in [1.54, 1.807) is 0 Å². The van der Waals surface area contributed by atoms with E-state index < -0.39 is 11.6 Å². The lowest BCUT2D eigenvalue weighted by Gasteiger charge is -2.06. The maximum atomic E-state index is 13.0. The maximum Gasteiger partial charge on any atom is 0.146 e. The molecule has 13 heavy (non-hydrogen) atoms. The van der Waals surface area contributed by atoms with Gasteiger partial charge in [-0.1, -0.05) is 13.3 Å². The summed E-state index contributed by atoms with van der Waals surface area (Å²) in [6.07, 6.45) is 1.99. The van der Waals surface area contributed by atoms with Crippen molar-refractivity contribution in [2.75, 3.05) is 11.9 Å². The van der Waals surface area contributed by atoms with Gasteiger partial charge in [0.25, 0.3) is 0 Å². The average molecular weight is 185 g/mol. The van der Waals surface area contributed by atoms with Crippen LogP contribution in [0, 0.1) is 11.6 Å². The molecule has 0 aliphatic rings. The second-order valence-corrected chi connectivity index (χ2v) is 2.90. The highest BCUT2D eigenvalue weighted by Gasteiger charge is 2.01. The second-order valence-electron chi connectivity index (χ2n) is 2.90. The average Bonchev–Trinajstić information content (AvgIpc) is 2.11. The largest absolute Gasteiger partial charge is 0.383 e. The first-order valence-electron chi connectivity index (χ1n) is 4.43. The Morgan fingerprint density at radius 2 is 2.08 bits per heavy atom. The van der Waals surface area contributed by atoms with Crippen LogP contribution in [0.3, 0.4) is 0 Å². The van der Waals surface area contributed by atoms with Crippen LogP contribution < -0.4 is 5.32 Å². The molecule has 0 saturated heterocycles. The number of unbranched alkanes of at least 4 members (excludes halogenated alkanes) is 1. The molecule has 0 amide bonds. The standard InChI is InChI=1S/C10H13F2N/c1-2-3-6-13-10-7-8(11)4-5-9(10)12/h4-5,7,13H,2-3,6H2,1H3. The molecule has 0 fully saturated rings. The number of anilines is 1. The Balaban J connectivity index is 2.59. The monoisotopic (exact) mass is 185 g/mol. The van der Waals surface area contributed by atoms with Crippen molar-refractivity contribution < 1.29 is 8.78 Å². The first-order valence-corrected chi connectivity index (χ1v) is 4.43. The smallest absolute Gasteiger partial charge is 0.146 e. The molecule has 3 heteroatoms.